The van der Waals surface area contributed by atoms with Gasteiger partial charge in [0.05, 0.1) is 6.42 Å². The van der Waals surface area contributed by atoms with Crippen molar-refractivity contribution in [3.63, 3.8) is 0 Å². The van der Waals surface area contributed by atoms with E-state index in [4.69, 9.17) is 4.42 Å². The number of anilines is 1. The van der Waals surface area contributed by atoms with Crippen molar-refractivity contribution < 1.29 is 13.6 Å². The molecule has 2 aromatic heterocycles. The van der Waals surface area contributed by atoms with E-state index in [1.54, 1.807) is 29.3 Å². The predicted molar refractivity (Wildman–Crippen MR) is 90.7 cm³/mol. The Bertz CT molecular complexity index is 870. The van der Waals surface area contributed by atoms with Gasteiger partial charge in [-0.1, -0.05) is 12.1 Å². The molecule has 0 atom stereocenters. The molecule has 1 saturated heterocycles. The highest BCUT2D eigenvalue weighted by Crippen LogP contribution is 2.21. The molecular weight excluding hydrogens is 323 g/mol. The van der Waals surface area contributed by atoms with E-state index in [1.807, 2.05) is 11.0 Å². The van der Waals surface area contributed by atoms with Crippen LogP contribution in [-0.2, 0) is 11.2 Å². The topological polar surface area (TPSA) is 62.5 Å². The number of carbonyl (C=O) groups excluding carboxylic acids is 1. The number of aromatic nitrogens is 2. The zero-order valence-corrected chi connectivity index (χ0v) is 13.6. The first-order chi connectivity index (χ1) is 12.2. The Hall–Kier alpha value is -2.96. The minimum absolute atomic E-state index is 0.00415. The van der Waals surface area contributed by atoms with E-state index in [-0.39, 0.29) is 18.1 Å². The van der Waals surface area contributed by atoms with Crippen LogP contribution < -0.4 is 4.90 Å². The van der Waals surface area contributed by atoms with Gasteiger partial charge in [-0.2, -0.15) is 4.98 Å². The summed E-state index contributed by atoms with van der Waals surface area (Å²) < 4.78 is 19.0. The molecule has 1 aliphatic rings. The third-order valence-electron chi connectivity index (χ3n) is 4.30. The highest BCUT2D eigenvalue weighted by Gasteiger charge is 2.24. The van der Waals surface area contributed by atoms with Crippen LogP contribution in [0.1, 0.15) is 5.56 Å². The molecule has 7 heteroatoms. The van der Waals surface area contributed by atoms with Gasteiger partial charge in [-0.05, 0) is 29.8 Å². The van der Waals surface area contributed by atoms with Crippen LogP contribution >= 0.6 is 0 Å². The second-order valence-corrected chi connectivity index (χ2v) is 6.00. The SMILES string of the molecule is O=C(Cc1cccc(F)c1)N1CCN(c2nc3ncccc3o2)CC1. The summed E-state index contributed by atoms with van der Waals surface area (Å²) in [6.07, 6.45) is 1.89. The van der Waals surface area contributed by atoms with Crippen molar-refractivity contribution in [2.75, 3.05) is 31.1 Å². The van der Waals surface area contributed by atoms with Crippen molar-refractivity contribution in [1.82, 2.24) is 14.9 Å². The monoisotopic (exact) mass is 340 g/mol. The minimum Gasteiger partial charge on any atom is -0.422 e. The lowest BCUT2D eigenvalue weighted by atomic mass is 10.1. The van der Waals surface area contributed by atoms with Crippen molar-refractivity contribution in [2.45, 2.75) is 6.42 Å². The van der Waals surface area contributed by atoms with Crippen LogP contribution in [0.3, 0.4) is 0 Å². The molecule has 1 amide bonds. The summed E-state index contributed by atoms with van der Waals surface area (Å²) in [5.41, 5.74) is 1.93. The fraction of sp³-hybridized carbons (Fsp3) is 0.278. The first kappa shape index (κ1) is 15.6. The lowest BCUT2D eigenvalue weighted by molar-refractivity contribution is -0.130. The van der Waals surface area contributed by atoms with E-state index in [0.717, 1.165) is 0 Å². The molecular formula is C18H17FN4O2. The van der Waals surface area contributed by atoms with Crippen molar-refractivity contribution in [3.8, 4) is 0 Å². The molecule has 0 aliphatic carbocycles. The summed E-state index contributed by atoms with van der Waals surface area (Å²) in [6, 6.07) is 10.3. The molecule has 0 bridgehead atoms. The van der Waals surface area contributed by atoms with Crippen molar-refractivity contribution in [2.24, 2.45) is 0 Å². The van der Waals surface area contributed by atoms with Gasteiger partial charge < -0.3 is 14.2 Å². The smallest absolute Gasteiger partial charge is 0.300 e. The second kappa shape index (κ2) is 6.51. The van der Waals surface area contributed by atoms with E-state index in [0.29, 0.717) is 49.0 Å². The first-order valence-corrected chi connectivity index (χ1v) is 8.18. The predicted octanol–water partition coefficient (Wildman–Crippen LogP) is 2.25. The molecule has 0 unspecified atom stereocenters. The van der Waals surface area contributed by atoms with Crippen LogP contribution in [0.25, 0.3) is 11.2 Å². The maximum absolute atomic E-state index is 13.2. The van der Waals surface area contributed by atoms with Crippen molar-refractivity contribution in [1.29, 1.82) is 0 Å². The minimum atomic E-state index is -0.320. The zero-order chi connectivity index (χ0) is 17.2. The number of fused-ring (bicyclic) bond motifs is 1. The summed E-state index contributed by atoms with van der Waals surface area (Å²) in [5.74, 6) is -0.316. The Morgan fingerprint density at radius 1 is 1.16 bits per heavy atom. The van der Waals surface area contributed by atoms with Crippen LogP contribution in [-0.4, -0.2) is 47.0 Å². The molecule has 0 N–H and O–H groups in total. The molecule has 1 fully saturated rings. The number of nitrogens with zero attached hydrogens (tertiary/aromatic N) is 4. The number of hydrogen-bond acceptors (Lipinski definition) is 5. The Morgan fingerprint density at radius 3 is 2.76 bits per heavy atom. The standard InChI is InChI=1S/C18H17FN4O2/c19-14-4-1-3-13(11-14)12-16(24)22-7-9-23(10-8-22)18-21-17-15(25-18)5-2-6-20-17/h1-6,11H,7-10,12H2. The van der Waals surface area contributed by atoms with Gasteiger partial charge in [0.25, 0.3) is 6.01 Å². The average molecular weight is 340 g/mol. The summed E-state index contributed by atoms with van der Waals surface area (Å²) in [7, 11) is 0. The molecule has 6 nitrogen and oxygen atoms in total. The van der Waals surface area contributed by atoms with E-state index in [2.05, 4.69) is 9.97 Å². The Morgan fingerprint density at radius 2 is 2.00 bits per heavy atom. The van der Waals surface area contributed by atoms with Crippen LogP contribution in [0.15, 0.2) is 47.0 Å². The van der Waals surface area contributed by atoms with Crippen LogP contribution in [0, 0.1) is 5.82 Å². The molecule has 3 heterocycles. The third kappa shape index (κ3) is 3.31. The Balaban J connectivity index is 1.38. The lowest BCUT2D eigenvalue weighted by Gasteiger charge is -2.33. The number of benzene rings is 1. The number of oxazole rings is 1. The molecule has 25 heavy (non-hydrogen) atoms. The molecule has 0 spiro atoms. The zero-order valence-electron chi connectivity index (χ0n) is 13.6. The van der Waals surface area contributed by atoms with Crippen LogP contribution in [0.5, 0.6) is 0 Å². The molecule has 0 saturated carbocycles. The molecule has 1 aliphatic heterocycles. The van der Waals surface area contributed by atoms with Gasteiger partial charge in [-0.25, -0.2) is 9.37 Å². The maximum Gasteiger partial charge on any atom is 0.300 e. The molecule has 128 valence electrons. The van der Waals surface area contributed by atoms with Crippen LogP contribution in [0.4, 0.5) is 10.4 Å². The van der Waals surface area contributed by atoms with E-state index in [9.17, 15) is 9.18 Å². The molecule has 3 aromatic rings. The van der Waals surface area contributed by atoms with Gasteiger partial charge in [0.1, 0.15) is 5.82 Å². The quantitative estimate of drug-likeness (QED) is 0.732. The maximum atomic E-state index is 13.2. The van der Waals surface area contributed by atoms with E-state index >= 15 is 0 Å². The molecule has 1 aromatic carbocycles. The number of piperazine rings is 1. The Kier molecular flexibility index (Phi) is 4.05. The summed E-state index contributed by atoms with van der Waals surface area (Å²) in [5, 5.41) is 0. The first-order valence-electron chi connectivity index (χ1n) is 8.18. The number of carbonyl (C=O) groups is 1. The van der Waals surface area contributed by atoms with Gasteiger partial charge in [0.2, 0.25) is 11.6 Å². The normalized spacial score (nSPS) is 14.9. The molecule has 4 rings (SSSR count). The van der Waals surface area contributed by atoms with Crippen molar-refractivity contribution in [3.05, 3.63) is 54.0 Å². The number of rotatable bonds is 3. The fourth-order valence-corrected chi connectivity index (χ4v) is 2.97. The lowest BCUT2D eigenvalue weighted by Crippen LogP contribution is -2.49. The van der Waals surface area contributed by atoms with Gasteiger partial charge in [-0.15, -0.1) is 0 Å². The summed E-state index contributed by atoms with van der Waals surface area (Å²) in [6.45, 7) is 2.45. The third-order valence-corrected chi connectivity index (χ3v) is 4.30. The highest BCUT2D eigenvalue weighted by atomic mass is 19.1. The number of pyridine rings is 1. The van der Waals surface area contributed by atoms with Gasteiger partial charge in [-0.3, -0.25) is 4.79 Å². The summed E-state index contributed by atoms with van der Waals surface area (Å²) in [4.78, 5) is 24.8. The number of hydrogen-bond donors (Lipinski definition) is 0. The fourth-order valence-electron chi connectivity index (χ4n) is 2.97. The number of halogens is 1. The Labute approximate surface area is 143 Å². The van der Waals surface area contributed by atoms with Gasteiger partial charge in [0.15, 0.2) is 5.58 Å². The van der Waals surface area contributed by atoms with E-state index < -0.39 is 0 Å². The highest BCUT2D eigenvalue weighted by molar-refractivity contribution is 5.79. The molecule has 0 radical (unpaired) electrons. The number of amides is 1. The van der Waals surface area contributed by atoms with Crippen molar-refractivity contribution >= 4 is 23.2 Å². The van der Waals surface area contributed by atoms with Gasteiger partial charge >= 0.3 is 0 Å². The largest absolute Gasteiger partial charge is 0.422 e. The van der Waals surface area contributed by atoms with Crippen LogP contribution in [0.2, 0.25) is 0 Å². The second-order valence-electron chi connectivity index (χ2n) is 6.00. The average Bonchev–Trinajstić information content (AvgIpc) is 3.06. The van der Waals surface area contributed by atoms with Gasteiger partial charge in [0, 0.05) is 32.4 Å². The van der Waals surface area contributed by atoms with E-state index in [1.165, 1.54) is 12.1 Å². The summed E-state index contributed by atoms with van der Waals surface area (Å²) >= 11 is 0.